The summed E-state index contributed by atoms with van der Waals surface area (Å²) in [5.41, 5.74) is 3.68. The standard InChI is InChI=1S/C15H13Cl2N3S/c1-2-12(9-3-5-10(16)6-4-9)18-14-11(17)7-8-13-15(14)20-21-19-13/h3-8,12,18H,2H2,1H3. The number of anilines is 1. The molecule has 6 heteroatoms. The van der Waals surface area contributed by atoms with Gasteiger partial charge in [0, 0.05) is 5.02 Å². The van der Waals surface area contributed by atoms with E-state index in [-0.39, 0.29) is 6.04 Å². The van der Waals surface area contributed by atoms with E-state index in [0.29, 0.717) is 5.02 Å². The third-order valence-corrected chi connectivity index (χ3v) is 4.49. The van der Waals surface area contributed by atoms with E-state index in [1.807, 2.05) is 36.4 Å². The molecule has 2 aromatic carbocycles. The Bertz CT molecular complexity index is 755. The number of hydrogen-bond donors (Lipinski definition) is 1. The van der Waals surface area contributed by atoms with Crippen LogP contribution < -0.4 is 5.32 Å². The van der Waals surface area contributed by atoms with Gasteiger partial charge in [0.05, 0.1) is 28.5 Å². The number of halogens is 2. The van der Waals surface area contributed by atoms with Gasteiger partial charge in [0.15, 0.2) is 0 Å². The normalized spacial score (nSPS) is 12.5. The lowest BCUT2D eigenvalue weighted by Crippen LogP contribution is -2.10. The lowest BCUT2D eigenvalue weighted by Gasteiger charge is -2.20. The number of rotatable bonds is 4. The van der Waals surface area contributed by atoms with Crippen LogP contribution >= 0.6 is 34.9 Å². The first-order valence-corrected chi connectivity index (χ1v) is 8.10. The van der Waals surface area contributed by atoms with Crippen molar-refractivity contribution < 1.29 is 0 Å². The molecule has 1 atom stereocenters. The molecule has 3 nitrogen and oxygen atoms in total. The zero-order valence-corrected chi connectivity index (χ0v) is 13.6. The predicted octanol–water partition coefficient (Wildman–Crippen LogP) is 5.56. The van der Waals surface area contributed by atoms with E-state index in [1.54, 1.807) is 0 Å². The molecule has 1 heterocycles. The quantitative estimate of drug-likeness (QED) is 0.677. The second-order valence-electron chi connectivity index (χ2n) is 4.71. The van der Waals surface area contributed by atoms with Crippen LogP contribution in [0.15, 0.2) is 36.4 Å². The van der Waals surface area contributed by atoms with Crippen molar-refractivity contribution in [2.45, 2.75) is 19.4 Å². The summed E-state index contributed by atoms with van der Waals surface area (Å²) in [6.45, 7) is 2.12. The summed E-state index contributed by atoms with van der Waals surface area (Å²) in [7, 11) is 0. The molecule has 0 aliphatic heterocycles. The van der Waals surface area contributed by atoms with E-state index in [9.17, 15) is 0 Å². The number of aromatic nitrogens is 2. The maximum atomic E-state index is 6.33. The van der Waals surface area contributed by atoms with Gasteiger partial charge in [-0.05, 0) is 36.2 Å². The van der Waals surface area contributed by atoms with E-state index in [4.69, 9.17) is 23.2 Å². The molecule has 1 unspecified atom stereocenters. The molecule has 3 rings (SSSR count). The first-order chi connectivity index (χ1) is 10.2. The highest BCUT2D eigenvalue weighted by Crippen LogP contribution is 2.34. The van der Waals surface area contributed by atoms with Gasteiger partial charge in [-0.1, -0.05) is 42.3 Å². The molecule has 0 aliphatic carbocycles. The maximum absolute atomic E-state index is 6.33. The predicted molar refractivity (Wildman–Crippen MR) is 90.5 cm³/mol. The largest absolute Gasteiger partial charge is 0.375 e. The second kappa shape index (κ2) is 6.18. The fraction of sp³-hybridized carbons (Fsp3) is 0.200. The SMILES string of the molecule is CCC(Nc1c(Cl)ccc2nsnc12)c1ccc(Cl)cc1. The molecule has 0 saturated carbocycles. The van der Waals surface area contributed by atoms with Crippen LogP contribution in [0.1, 0.15) is 24.9 Å². The van der Waals surface area contributed by atoms with Crippen molar-refractivity contribution in [1.82, 2.24) is 8.75 Å². The van der Waals surface area contributed by atoms with Crippen molar-refractivity contribution >= 4 is 51.7 Å². The number of nitrogens with one attached hydrogen (secondary N) is 1. The van der Waals surface area contributed by atoms with E-state index in [1.165, 1.54) is 11.7 Å². The fourth-order valence-corrected chi connectivity index (χ4v) is 3.13. The van der Waals surface area contributed by atoms with Crippen molar-refractivity contribution in [3.8, 4) is 0 Å². The minimum Gasteiger partial charge on any atom is -0.375 e. The average molecular weight is 338 g/mol. The molecule has 3 aromatic rings. The Hall–Kier alpha value is -1.36. The molecule has 1 N–H and O–H groups in total. The Kier molecular flexibility index (Phi) is 4.29. The summed E-state index contributed by atoms with van der Waals surface area (Å²) < 4.78 is 8.59. The molecule has 0 saturated heterocycles. The van der Waals surface area contributed by atoms with Gasteiger partial charge in [0.2, 0.25) is 0 Å². The molecule has 0 bridgehead atoms. The first kappa shape index (κ1) is 14.6. The van der Waals surface area contributed by atoms with Crippen LogP contribution in [0, 0.1) is 0 Å². The van der Waals surface area contributed by atoms with Crippen molar-refractivity contribution in [2.75, 3.05) is 5.32 Å². The summed E-state index contributed by atoms with van der Waals surface area (Å²) in [4.78, 5) is 0. The van der Waals surface area contributed by atoms with Gasteiger partial charge in [-0.15, -0.1) is 0 Å². The number of nitrogens with zero attached hydrogens (tertiary/aromatic N) is 2. The zero-order valence-electron chi connectivity index (χ0n) is 11.3. The van der Waals surface area contributed by atoms with Crippen molar-refractivity contribution in [3.63, 3.8) is 0 Å². The van der Waals surface area contributed by atoms with Crippen LogP contribution in [0.2, 0.25) is 10.0 Å². The van der Waals surface area contributed by atoms with Crippen LogP contribution in [-0.4, -0.2) is 8.75 Å². The summed E-state index contributed by atoms with van der Waals surface area (Å²) >= 11 is 13.5. The summed E-state index contributed by atoms with van der Waals surface area (Å²) in [5, 5.41) is 4.88. The molecule has 1 aromatic heterocycles. The lowest BCUT2D eigenvalue weighted by atomic mass is 10.0. The Labute approximate surface area is 137 Å². The van der Waals surface area contributed by atoms with Gasteiger partial charge in [-0.2, -0.15) is 8.75 Å². The number of benzene rings is 2. The minimum atomic E-state index is 0.145. The second-order valence-corrected chi connectivity index (χ2v) is 6.08. The molecular formula is C15H13Cl2N3S. The van der Waals surface area contributed by atoms with Gasteiger partial charge >= 0.3 is 0 Å². The molecule has 0 fully saturated rings. The molecule has 0 radical (unpaired) electrons. The van der Waals surface area contributed by atoms with Crippen LogP contribution in [-0.2, 0) is 0 Å². The lowest BCUT2D eigenvalue weighted by molar-refractivity contribution is 0.750. The fourth-order valence-electron chi connectivity index (χ4n) is 2.25. The number of hydrogen-bond acceptors (Lipinski definition) is 4. The Balaban J connectivity index is 1.97. The molecule has 0 spiro atoms. The third-order valence-electron chi connectivity index (χ3n) is 3.38. The molecule has 21 heavy (non-hydrogen) atoms. The average Bonchev–Trinajstić information content (AvgIpc) is 2.96. The minimum absolute atomic E-state index is 0.145. The number of fused-ring (bicyclic) bond motifs is 1. The summed E-state index contributed by atoms with van der Waals surface area (Å²) in [6.07, 6.45) is 0.923. The van der Waals surface area contributed by atoms with Crippen LogP contribution in [0.4, 0.5) is 5.69 Å². The van der Waals surface area contributed by atoms with Crippen LogP contribution in [0.25, 0.3) is 11.0 Å². The highest BCUT2D eigenvalue weighted by atomic mass is 35.5. The molecule has 108 valence electrons. The van der Waals surface area contributed by atoms with Crippen LogP contribution in [0.3, 0.4) is 0 Å². The van der Waals surface area contributed by atoms with Gasteiger partial charge in [0.1, 0.15) is 11.0 Å². The summed E-state index contributed by atoms with van der Waals surface area (Å²) in [5.74, 6) is 0. The highest BCUT2D eigenvalue weighted by molar-refractivity contribution is 7.00. The monoisotopic (exact) mass is 337 g/mol. The van der Waals surface area contributed by atoms with E-state index >= 15 is 0 Å². The Morgan fingerprint density at radius 2 is 1.86 bits per heavy atom. The maximum Gasteiger partial charge on any atom is 0.129 e. The van der Waals surface area contributed by atoms with Crippen molar-refractivity contribution in [2.24, 2.45) is 0 Å². The highest BCUT2D eigenvalue weighted by Gasteiger charge is 2.15. The van der Waals surface area contributed by atoms with Gasteiger partial charge in [-0.25, -0.2) is 0 Å². The van der Waals surface area contributed by atoms with Crippen LogP contribution in [0.5, 0.6) is 0 Å². The molecular weight excluding hydrogens is 325 g/mol. The van der Waals surface area contributed by atoms with Crippen molar-refractivity contribution in [1.29, 1.82) is 0 Å². The zero-order chi connectivity index (χ0) is 14.8. The van der Waals surface area contributed by atoms with E-state index in [0.717, 1.165) is 33.7 Å². The van der Waals surface area contributed by atoms with Crippen molar-refractivity contribution in [3.05, 3.63) is 52.0 Å². The molecule has 0 amide bonds. The third kappa shape index (κ3) is 2.98. The van der Waals surface area contributed by atoms with Gasteiger partial charge in [0.25, 0.3) is 0 Å². The van der Waals surface area contributed by atoms with E-state index < -0.39 is 0 Å². The first-order valence-electron chi connectivity index (χ1n) is 6.62. The van der Waals surface area contributed by atoms with Gasteiger partial charge in [-0.3, -0.25) is 0 Å². The van der Waals surface area contributed by atoms with Gasteiger partial charge < -0.3 is 5.32 Å². The molecule has 0 aliphatic rings. The Morgan fingerprint density at radius 1 is 1.10 bits per heavy atom. The topological polar surface area (TPSA) is 37.8 Å². The summed E-state index contributed by atoms with van der Waals surface area (Å²) in [6, 6.07) is 11.7. The smallest absolute Gasteiger partial charge is 0.129 e. The Morgan fingerprint density at radius 3 is 2.57 bits per heavy atom. The van der Waals surface area contributed by atoms with E-state index in [2.05, 4.69) is 21.0 Å².